The van der Waals surface area contributed by atoms with E-state index in [1.165, 1.54) is 10.4 Å². The first kappa shape index (κ1) is 21.4. The molecule has 0 aliphatic carbocycles. The summed E-state index contributed by atoms with van der Waals surface area (Å²) in [5.41, 5.74) is 2.51. The normalized spacial score (nSPS) is 18.7. The van der Waals surface area contributed by atoms with E-state index in [0.717, 1.165) is 67.3 Å². The molecule has 170 valence electrons. The average Bonchev–Trinajstić information content (AvgIpc) is 3.19. The molecule has 1 unspecified atom stereocenters. The Hall–Kier alpha value is -2.42. The third kappa shape index (κ3) is 3.91. The lowest BCUT2D eigenvalue weighted by Crippen LogP contribution is -2.51. The number of anilines is 1. The van der Waals surface area contributed by atoms with Crippen LogP contribution in [0.25, 0.3) is 10.2 Å². The number of piperazine rings is 1. The molecule has 3 aromatic rings. The molecule has 1 atom stereocenters. The highest BCUT2D eigenvalue weighted by Gasteiger charge is 2.25. The van der Waals surface area contributed by atoms with Gasteiger partial charge >= 0.3 is 0 Å². The molecule has 1 aromatic carbocycles. The van der Waals surface area contributed by atoms with Crippen LogP contribution in [-0.4, -0.2) is 72.3 Å². The van der Waals surface area contributed by atoms with Crippen LogP contribution in [0.1, 0.15) is 17.4 Å². The van der Waals surface area contributed by atoms with Crippen LogP contribution in [0.4, 0.5) is 5.69 Å². The highest BCUT2D eigenvalue weighted by atomic mass is 32.1. The first-order valence-electron chi connectivity index (χ1n) is 11.4. The largest absolute Gasteiger partial charge is 0.495 e. The monoisotopic (exact) mass is 453 g/mol. The maximum absolute atomic E-state index is 13.3. The standard InChI is InChI=1S/C24H31N5O2S/c1-17(27-10-12-28(13-11-27)19-6-4-5-7-20(19)31-3)14-29-16-25-23-22(24(29)30)18-8-9-26(2)15-21(18)32-23/h4-7,16-17H,8-15H2,1-3H3. The number of aromatic nitrogens is 2. The Morgan fingerprint density at radius 1 is 1.16 bits per heavy atom. The molecule has 0 radical (unpaired) electrons. The minimum atomic E-state index is 0.122. The van der Waals surface area contributed by atoms with E-state index in [1.54, 1.807) is 24.8 Å². The van der Waals surface area contributed by atoms with Crippen LogP contribution < -0.4 is 15.2 Å². The zero-order valence-corrected chi connectivity index (χ0v) is 19.9. The van der Waals surface area contributed by atoms with E-state index in [-0.39, 0.29) is 11.6 Å². The van der Waals surface area contributed by atoms with Crippen molar-refractivity contribution in [2.45, 2.75) is 32.5 Å². The van der Waals surface area contributed by atoms with Crippen molar-refractivity contribution < 1.29 is 4.74 Å². The second kappa shape index (κ2) is 8.84. The topological polar surface area (TPSA) is 53.8 Å². The van der Waals surface area contributed by atoms with E-state index >= 15 is 0 Å². The fourth-order valence-corrected chi connectivity index (χ4v) is 6.23. The number of rotatable bonds is 5. The van der Waals surface area contributed by atoms with Crippen LogP contribution in [-0.2, 0) is 19.5 Å². The maximum Gasteiger partial charge on any atom is 0.262 e. The van der Waals surface area contributed by atoms with Crippen LogP contribution in [0.5, 0.6) is 5.75 Å². The number of nitrogens with zero attached hydrogens (tertiary/aromatic N) is 5. The summed E-state index contributed by atoms with van der Waals surface area (Å²) in [5.74, 6) is 0.921. The van der Waals surface area contributed by atoms with Gasteiger partial charge in [0, 0.05) is 56.7 Å². The van der Waals surface area contributed by atoms with Crippen molar-refractivity contribution in [3.05, 3.63) is 51.4 Å². The molecule has 1 saturated heterocycles. The molecular formula is C24H31N5O2S. The minimum Gasteiger partial charge on any atom is -0.495 e. The van der Waals surface area contributed by atoms with Gasteiger partial charge in [0.2, 0.25) is 0 Å². The van der Waals surface area contributed by atoms with Gasteiger partial charge < -0.3 is 14.5 Å². The summed E-state index contributed by atoms with van der Waals surface area (Å²) < 4.78 is 7.36. The van der Waals surface area contributed by atoms with E-state index < -0.39 is 0 Å². The predicted octanol–water partition coefficient (Wildman–Crippen LogP) is 2.67. The van der Waals surface area contributed by atoms with Crippen LogP contribution in [0.15, 0.2) is 35.4 Å². The molecule has 8 heteroatoms. The van der Waals surface area contributed by atoms with Gasteiger partial charge in [-0.2, -0.15) is 0 Å². The second-order valence-corrected chi connectivity index (χ2v) is 10.0. The number of hydrogen-bond acceptors (Lipinski definition) is 7. The zero-order chi connectivity index (χ0) is 22.2. The predicted molar refractivity (Wildman–Crippen MR) is 130 cm³/mol. The number of benzene rings is 1. The summed E-state index contributed by atoms with van der Waals surface area (Å²) in [5, 5.41) is 0.855. The van der Waals surface area contributed by atoms with Gasteiger partial charge in [-0.15, -0.1) is 11.3 Å². The van der Waals surface area contributed by atoms with Gasteiger partial charge in [-0.3, -0.25) is 14.3 Å². The number of methoxy groups -OCH3 is 1. The number of hydrogen-bond donors (Lipinski definition) is 0. The van der Waals surface area contributed by atoms with E-state index in [9.17, 15) is 4.79 Å². The minimum absolute atomic E-state index is 0.122. The lowest BCUT2D eigenvalue weighted by atomic mass is 10.1. The van der Waals surface area contributed by atoms with E-state index in [2.05, 4.69) is 45.8 Å². The Morgan fingerprint density at radius 2 is 1.94 bits per heavy atom. The summed E-state index contributed by atoms with van der Waals surface area (Å²) >= 11 is 1.68. The Balaban J connectivity index is 1.29. The smallest absolute Gasteiger partial charge is 0.262 e. The van der Waals surface area contributed by atoms with Crippen molar-refractivity contribution in [1.29, 1.82) is 0 Å². The molecule has 2 aliphatic rings. The SMILES string of the molecule is COc1ccccc1N1CCN(C(C)Cn2cnc3sc4c(c3c2=O)CCN(C)C4)CC1. The molecule has 0 amide bonds. The second-order valence-electron chi connectivity index (χ2n) is 8.92. The van der Waals surface area contributed by atoms with E-state index in [4.69, 9.17) is 4.74 Å². The quantitative estimate of drug-likeness (QED) is 0.592. The van der Waals surface area contributed by atoms with Gasteiger partial charge in [-0.25, -0.2) is 4.98 Å². The van der Waals surface area contributed by atoms with Gasteiger partial charge in [0.1, 0.15) is 10.6 Å². The Bertz CT molecular complexity index is 1160. The van der Waals surface area contributed by atoms with Gasteiger partial charge in [-0.05, 0) is 38.1 Å². The van der Waals surface area contributed by atoms with Crippen LogP contribution >= 0.6 is 11.3 Å². The summed E-state index contributed by atoms with van der Waals surface area (Å²) in [6.07, 6.45) is 2.69. The third-order valence-corrected chi connectivity index (χ3v) is 7.97. The molecule has 0 bridgehead atoms. The van der Waals surface area contributed by atoms with E-state index in [0.29, 0.717) is 6.54 Å². The number of para-hydroxylation sites is 2. The molecule has 2 aliphatic heterocycles. The van der Waals surface area contributed by atoms with Crippen molar-refractivity contribution in [3.63, 3.8) is 0 Å². The van der Waals surface area contributed by atoms with Crippen molar-refractivity contribution in [3.8, 4) is 5.75 Å². The maximum atomic E-state index is 13.3. The summed E-state index contributed by atoms with van der Waals surface area (Å²) in [7, 11) is 3.86. The molecule has 1 fully saturated rings. The zero-order valence-electron chi connectivity index (χ0n) is 19.1. The summed E-state index contributed by atoms with van der Waals surface area (Å²) in [6.45, 7) is 8.62. The van der Waals surface area contributed by atoms with Crippen LogP contribution in [0.3, 0.4) is 0 Å². The summed E-state index contributed by atoms with van der Waals surface area (Å²) in [4.78, 5) is 27.4. The van der Waals surface area contributed by atoms with Crippen molar-refractivity contribution in [2.24, 2.45) is 0 Å². The van der Waals surface area contributed by atoms with Gasteiger partial charge in [-0.1, -0.05) is 12.1 Å². The Morgan fingerprint density at radius 3 is 2.72 bits per heavy atom. The molecule has 0 spiro atoms. The molecule has 2 aromatic heterocycles. The lowest BCUT2D eigenvalue weighted by molar-refractivity contribution is 0.179. The lowest BCUT2D eigenvalue weighted by Gasteiger charge is -2.39. The van der Waals surface area contributed by atoms with Crippen LogP contribution in [0, 0.1) is 0 Å². The molecular weight excluding hydrogens is 422 g/mol. The summed E-state index contributed by atoms with van der Waals surface area (Å²) in [6, 6.07) is 8.47. The van der Waals surface area contributed by atoms with Crippen molar-refractivity contribution in [2.75, 3.05) is 51.8 Å². The van der Waals surface area contributed by atoms with Crippen molar-refractivity contribution >= 4 is 27.2 Å². The van der Waals surface area contributed by atoms with Gasteiger partial charge in [0.25, 0.3) is 5.56 Å². The average molecular weight is 454 g/mol. The van der Waals surface area contributed by atoms with Crippen LogP contribution in [0.2, 0.25) is 0 Å². The highest BCUT2D eigenvalue weighted by Crippen LogP contribution is 2.32. The molecule has 0 saturated carbocycles. The number of likely N-dealkylation sites (N-methyl/N-ethyl adjacent to an activating group) is 1. The highest BCUT2D eigenvalue weighted by molar-refractivity contribution is 7.18. The number of fused-ring (bicyclic) bond motifs is 3. The number of ether oxygens (including phenoxy) is 1. The molecule has 7 nitrogen and oxygen atoms in total. The van der Waals surface area contributed by atoms with E-state index in [1.807, 2.05) is 16.7 Å². The fourth-order valence-electron chi connectivity index (χ4n) is 4.97. The first-order valence-corrected chi connectivity index (χ1v) is 12.2. The molecule has 4 heterocycles. The Labute approximate surface area is 192 Å². The fraction of sp³-hybridized carbons (Fsp3) is 0.500. The molecule has 0 N–H and O–H groups in total. The molecule has 5 rings (SSSR count). The first-order chi connectivity index (χ1) is 15.5. The van der Waals surface area contributed by atoms with Gasteiger partial charge in [0.15, 0.2) is 0 Å². The number of thiophene rings is 1. The van der Waals surface area contributed by atoms with Gasteiger partial charge in [0.05, 0.1) is 24.5 Å². The Kier molecular flexibility index (Phi) is 5.92. The van der Waals surface area contributed by atoms with Crippen molar-refractivity contribution in [1.82, 2.24) is 19.4 Å². The molecule has 32 heavy (non-hydrogen) atoms. The third-order valence-electron chi connectivity index (χ3n) is 6.84.